The highest BCUT2D eigenvalue weighted by Crippen LogP contribution is 2.38. The van der Waals surface area contributed by atoms with E-state index in [2.05, 4.69) is 5.32 Å². The number of methoxy groups -OCH3 is 4. The van der Waals surface area contributed by atoms with Gasteiger partial charge in [-0.05, 0) is 29.8 Å². The van der Waals surface area contributed by atoms with E-state index in [1.807, 2.05) is 0 Å². The largest absolute Gasteiger partial charge is 0.497 e. The van der Waals surface area contributed by atoms with Crippen LogP contribution in [0.1, 0.15) is 22.0 Å². The first kappa shape index (κ1) is 19.9. The van der Waals surface area contributed by atoms with Crippen molar-refractivity contribution in [3.8, 4) is 23.0 Å². The van der Waals surface area contributed by atoms with E-state index in [1.54, 1.807) is 24.3 Å². The second-order valence-corrected chi connectivity index (χ2v) is 5.43. The van der Waals surface area contributed by atoms with Crippen molar-refractivity contribution in [1.29, 1.82) is 0 Å². The predicted molar refractivity (Wildman–Crippen MR) is 96.9 cm³/mol. The molecule has 0 heterocycles. The first-order valence-corrected chi connectivity index (χ1v) is 7.92. The van der Waals surface area contributed by atoms with Crippen LogP contribution < -0.4 is 24.3 Å². The minimum atomic E-state index is -1.23. The van der Waals surface area contributed by atoms with Gasteiger partial charge in [-0.1, -0.05) is 12.1 Å². The highest BCUT2D eigenvalue weighted by Gasteiger charge is 2.24. The van der Waals surface area contributed by atoms with Crippen LogP contribution in [-0.2, 0) is 4.79 Å². The molecule has 0 radical (unpaired) electrons. The van der Waals surface area contributed by atoms with Crippen LogP contribution in [0.25, 0.3) is 0 Å². The minimum absolute atomic E-state index is 0.171. The summed E-state index contributed by atoms with van der Waals surface area (Å²) < 4.78 is 20.7. The van der Waals surface area contributed by atoms with Gasteiger partial charge in [0.2, 0.25) is 5.75 Å². The van der Waals surface area contributed by atoms with E-state index in [0.29, 0.717) is 28.6 Å². The number of carboxylic acids is 1. The summed E-state index contributed by atoms with van der Waals surface area (Å²) in [5.74, 6) is -0.296. The second kappa shape index (κ2) is 8.79. The number of aliphatic carboxylic acids is 1. The van der Waals surface area contributed by atoms with Crippen molar-refractivity contribution in [1.82, 2.24) is 5.32 Å². The summed E-state index contributed by atoms with van der Waals surface area (Å²) in [4.78, 5) is 24.3. The molecule has 2 aromatic rings. The minimum Gasteiger partial charge on any atom is -0.497 e. The molecule has 1 atom stereocenters. The number of nitrogens with one attached hydrogen (secondary N) is 1. The number of carboxylic acid groups (broad SMARTS) is 1. The molecule has 0 spiro atoms. The van der Waals surface area contributed by atoms with Gasteiger partial charge in [-0.3, -0.25) is 4.79 Å². The molecule has 8 heteroatoms. The van der Waals surface area contributed by atoms with Crippen molar-refractivity contribution in [2.45, 2.75) is 6.04 Å². The van der Waals surface area contributed by atoms with Gasteiger partial charge in [-0.15, -0.1) is 0 Å². The van der Waals surface area contributed by atoms with Crippen LogP contribution in [0.4, 0.5) is 0 Å². The molecular weight excluding hydrogens is 354 g/mol. The quantitative estimate of drug-likeness (QED) is 0.729. The molecule has 0 aliphatic rings. The number of carbonyl (C=O) groups excluding carboxylic acids is 1. The number of rotatable bonds is 8. The maximum Gasteiger partial charge on any atom is 0.330 e. The zero-order chi connectivity index (χ0) is 20.0. The Bertz CT molecular complexity index is 792. The number of hydrogen-bond donors (Lipinski definition) is 2. The Hall–Kier alpha value is -3.42. The molecule has 0 fully saturated rings. The Morgan fingerprint density at radius 1 is 0.889 bits per heavy atom. The molecule has 0 aromatic heterocycles. The number of amides is 1. The van der Waals surface area contributed by atoms with Crippen LogP contribution in [-0.4, -0.2) is 45.4 Å². The van der Waals surface area contributed by atoms with Crippen LogP contribution in [0.3, 0.4) is 0 Å². The van der Waals surface area contributed by atoms with E-state index in [0.717, 1.165) is 0 Å². The number of benzene rings is 2. The molecule has 0 saturated carbocycles. The first-order chi connectivity index (χ1) is 12.9. The van der Waals surface area contributed by atoms with Crippen LogP contribution in [0.5, 0.6) is 23.0 Å². The Morgan fingerprint density at radius 3 is 1.85 bits per heavy atom. The lowest BCUT2D eigenvalue weighted by molar-refractivity contribution is -0.139. The van der Waals surface area contributed by atoms with Crippen molar-refractivity contribution in [2.24, 2.45) is 0 Å². The molecule has 1 unspecified atom stereocenters. The Morgan fingerprint density at radius 2 is 1.44 bits per heavy atom. The van der Waals surface area contributed by atoms with Crippen LogP contribution in [0.15, 0.2) is 36.4 Å². The molecule has 2 rings (SSSR count). The zero-order valence-electron chi connectivity index (χ0n) is 15.4. The van der Waals surface area contributed by atoms with Gasteiger partial charge in [0.05, 0.1) is 28.4 Å². The lowest BCUT2D eigenvalue weighted by atomic mass is 10.1. The van der Waals surface area contributed by atoms with Gasteiger partial charge in [0, 0.05) is 5.56 Å². The summed E-state index contributed by atoms with van der Waals surface area (Å²) in [7, 11) is 5.81. The zero-order valence-corrected chi connectivity index (χ0v) is 15.4. The number of carbonyl (C=O) groups is 2. The topological polar surface area (TPSA) is 103 Å². The molecule has 1 amide bonds. The van der Waals surface area contributed by atoms with Crippen LogP contribution in [0, 0.1) is 0 Å². The van der Waals surface area contributed by atoms with Crippen LogP contribution >= 0.6 is 0 Å². The van der Waals surface area contributed by atoms with Crippen molar-refractivity contribution in [3.63, 3.8) is 0 Å². The van der Waals surface area contributed by atoms with E-state index < -0.39 is 17.9 Å². The van der Waals surface area contributed by atoms with E-state index in [4.69, 9.17) is 18.9 Å². The Kier molecular flexibility index (Phi) is 6.48. The number of ether oxygens (including phenoxy) is 4. The first-order valence-electron chi connectivity index (χ1n) is 7.92. The molecule has 8 nitrogen and oxygen atoms in total. The summed E-state index contributed by atoms with van der Waals surface area (Å²) in [6.07, 6.45) is 0. The normalized spacial score (nSPS) is 11.3. The van der Waals surface area contributed by atoms with Crippen molar-refractivity contribution in [2.75, 3.05) is 28.4 Å². The smallest absolute Gasteiger partial charge is 0.330 e. The summed E-state index contributed by atoms with van der Waals surface area (Å²) in [6, 6.07) is 8.06. The molecule has 2 aromatic carbocycles. The molecule has 0 bridgehead atoms. The Labute approximate surface area is 156 Å². The fourth-order valence-electron chi connectivity index (χ4n) is 2.51. The third-order valence-corrected chi connectivity index (χ3v) is 3.90. The van der Waals surface area contributed by atoms with Crippen molar-refractivity contribution < 1.29 is 33.6 Å². The molecule has 0 aliphatic heterocycles. The highest BCUT2D eigenvalue weighted by molar-refractivity contribution is 5.98. The molecule has 0 aliphatic carbocycles. The lowest BCUT2D eigenvalue weighted by Crippen LogP contribution is -2.33. The average molecular weight is 375 g/mol. The predicted octanol–water partition coefficient (Wildman–Crippen LogP) is 2.28. The van der Waals surface area contributed by atoms with Gasteiger partial charge in [-0.2, -0.15) is 0 Å². The SMILES string of the molecule is COc1ccc(C(NC(=O)c2cc(OC)c(OC)c(OC)c2)C(=O)O)cc1. The fraction of sp³-hybridized carbons (Fsp3) is 0.263. The van der Waals surface area contributed by atoms with Gasteiger partial charge in [0.1, 0.15) is 5.75 Å². The van der Waals surface area contributed by atoms with Gasteiger partial charge < -0.3 is 29.4 Å². The maximum atomic E-state index is 12.6. The molecule has 0 saturated heterocycles. The fourth-order valence-corrected chi connectivity index (χ4v) is 2.51. The van der Waals surface area contributed by atoms with E-state index >= 15 is 0 Å². The summed E-state index contributed by atoms with van der Waals surface area (Å²) >= 11 is 0. The van der Waals surface area contributed by atoms with Crippen molar-refractivity contribution >= 4 is 11.9 Å². The van der Waals surface area contributed by atoms with E-state index in [9.17, 15) is 14.7 Å². The van der Waals surface area contributed by atoms with E-state index in [-0.39, 0.29) is 5.56 Å². The summed E-state index contributed by atoms with van der Waals surface area (Å²) in [5.41, 5.74) is 0.577. The molecule has 144 valence electrons. The third kappa shape index (κ3) is 4.41. The van der Waals surface area contributed by atoms with Gasteiger partial charge in [0.25, 0.3) is 5.91 Å². The van der Waals surface area contributed by atoms with Crippen LogP contribution in [0.2, 0.25) is 0 Å². The van der Waals surface area contributed by atoms with Gasteiger partial charge >= 0.3 is 5.97 Å². The van der Waals surface area contributed by atoms with E-state index in [1.165, 1.54) is 40.6 Å². The Balaban J connectivity index is 2.33. The highest BCUT2D eigenvalue weighted by atomic mass is 16.5. The van der Waals surface area contributed by atoms with Crippen molar-refractivity contribution in [3.05, 3.63) is 47.5 Å². The molecular formula is C19H21NO7. The summed E-state index contributed by atoms with van der Waals surface area (Å²) in [6.45, 7) is 0. The standard InChI is InChI=1S/C19H21NO7/c1-24-13-7-5-11(6-8-13)16(19(22)23)20-18(21)12-9-14(25-2)17(27-4)15(10-12)26-3/h5-10,16H,1-4H3,(H,20,21)(H,22,23). The summed E-state index contributed by atoms with van der Waals surface area (Å²) in [5, 5.41) is 12.0. The molecule has 27 heavy (non-hydrogen) atoms. The lowest BCUT2D eigenvalue weighted by Gasteiger charge is -2.17. The number of hydrogen-bond acceptors (Lipinski definition) is 6. The monoisotopic (exact) mass is 375 g/mol. The molecule has 2 N–H and O–H groups in total. The van der Waals surface area contributed by atoms with Gasteiger partial charge in [-0.25, -0.2) is 4.79 Å². The average Bonchev–Trinajstić information content (AvgIpc) is 2.70. The van der Waals surface area contributed by atoms with Gasteiger partial charge in [0.15, 0.2) is 17.5 Å². The second-order valence-electron chi connectivity index (χ2n) is 5.43. The maximum absolute atomic E-state index is 12.6. The third-order valence-electron chi connectivity index (χ3n) is 3.90.